The number of aromatic nitrogens is 2. The maximum atomic E-state index is 5.45. The van der Waals surface area contributed by atoms with Gasteiger partial charge in [-0.2, -0.15) is 0 Å². The Morgan fingerprint density at radius 2 is 1.83 bits per heavy atom. The van der Waals surface area contributed by atoms with E-state index in [4.69, 9.17) is 9.47 Å². The summed E-state index contributed by atoms with van der Waals surface area (Å²) >= 11 is 0. The topological polar surface area (TPSA) is 44.2 Å². The van der Waals surface area contributed by atoms with E-state index in [2.05, 4.69) is 9.97 Å². The molecule has 4 nitrogen and oxygen atoms in total. The van der Waals surface area contributed by atoms with Crippen LogP contribution < -0.4 is 4.74 Å². The molecule has 1 aromatic heterocycles. The summed E-state index contributed by atoms with van der Waals surface area (Å²) < 4.78 is 10.4. The van der Waals surface area contributed by atoms with Crippen molar-refractivity contribution in [2.24, 2.45) is 0 Å². The van der Waals surface area contributed by atoms with Crippen LogP contribution in [0.4, 0.5) is 0 Å². The van der Waals surface area contributed by atoms with Crippen LogP contribution in [0.1, 0.15) is 6.42 Å². The third-order valence-corrected chi connectivity index (χ3v) is 2.44. The van der Waals surface area contributed by atoms with Gasteiger partial charge in [0.05, 0.1) is 24.7 Å². The molecule has 0 aliphatic carbocycles. The van der Waals surface area contributed by atoms with Crippen molar-refractivity contribution in [3.8, 4) is 17.1 Å². The zero-order valence-corrected chi connectivity index (χ0v) is 10.4. The van der Waals surface area contributed by atoms with E-state index in [1.54, 1.807) is 19.5 Å². The molecule has 0 saturated carbocycles. The van der Waals surface area contributed by atoms with E-state index in [0.29, 0.717) is 19.1 Å². The van der Waals surface area contributed by atoms with Crippen LogP contribution in [0.15, 0.2) is 42.7 Å². The Bertz CT molecular complexity index is 457. The van der Waals surface area contributed by atoms with Crippen LogP contribution in [0.5, 0.6) is 5.88 Å². The standard InChI is InChI=1S/C14H16N2O2/c1-17-8-5-9-18-14-11-15-13(10-16-14)12-6-3-2-4-7-12/h2-4,6-7,10-11H,5,8-9H2,1H3. The zero-order chi connectivity index (χ0) is 12.6. The Kier molecular flexibility index (Phi) is 4.67. The number of benzene rings is 1. The zero-order valence-electron chi connectivity index (χ0n) is 10.4. The van der Waals surface area contributed by atoms with Gasteiger partial charge in [-0.15, -0.1) is 0 Å². The summed E-state index contributed by atoms with van der Waals surface area (Å²) in [6.07, 6.45) is 4.22. The minimum atomic E-state index is 0.547. The van der Waals surface area contributed by atoms with E-state index in [1.807, 2.05) is 30.3 Å². The average molecular weight is 244 g/mol. The van der Waals surface area contributed by atoms with Crippen LogP contribution in [-0.2, 0) is 4.74 Å². The number of hydrogen-bond acceptors (Lipinski definition) is 4. The number of ether oxygens (including phenoxy) is 2. The molecule has 0 bridgehead atoms. The Labute approximate surface area is 107 Å². The molecule has 0 amide bonds. The van der Waals surface area contributed by atoms with Crippen LogP contribution in [0.2, 0.25) is 0 Å². The predicted molar refractivity (Wildman–Crippen MR) is 69.5 cm³/mol. The molecule has 94 valence electrons. The molecule has 18 heavy (non-hydrogen) atoms. The lowest BCUT2D eigenvalue weighted by molar-refractivity contribution is 0.170. The fourth-order valence-electron chi connectivity index (χ4n) is 1.53. The van der Waals surface area contributed by atoms with Gasteiger partial charge in [-0.05, 0) is 0 Å². The van der Waals surface area contributed by atoms with Crippen molar-refractivity contribution < 1.29 is 9.47 Å². The highest BCUT2D eigenvalue weighted by atomic mass is 16.5. The maximum Gasteiger partial charge on any atom is 0.232 e. The molecule has 0 N–H and O–H groups in total. The van der Waals surface area contributed by atoms with Gasteiger partial charge in [0.25, 0.3) is 0 Å². The van der Waals surface area contributed by atoms with Gasteiger partial charge in [-0.25, -0.2) is 9.97 Å². The van der Waals surface area contributed by atoms with Crippen molar-refractivity contribution in [1.29, 1.82) is 0 Å². The van der Waals surface area contributed by atoms with Crippen LogP contribution in [0.3, 0.4) is 0 Å². The Hall–Kier alpha value is -1.94. The summed E-state index contributed by atoms with van der Waals surface area (Å²) in [5.74, 6) is 0.547. The first kappa shape index (κ1) is 12.5. The third kappa shape index (κ3) is 3.53. The lowest BCUT2D eigenvalue weighted by Gasteiger charge is -2.05. The van der Waals surface area contributed by atoms with Crippen molar-refractivity contribution in [2.75, 3.05) is 20.3 Å². The summed E-state index contributed by atoms with van der Waals surface area (Å²) in [5, 5.41) is 0. The first-order chi connectivity index (χ1) is 8.90. The van der Waals surface area contributed by atoms with E-state index in [1.165, 1.54) is 0 Å². The second kappa shape index (κ2) is 6.71. The van der Waals surface area contributed by atoms with E-state index in [9.17, 15) is 0 Å². The van der Waals surface area contributed by atoms with Crippen molar-refractivity contribution in [2.45, 2.75) is 6.42 Å². The van der Waals surface area contributed by atoms with Gasteiger partial charge in [0.15, 0.2) is 0 Å². The molecule has 0 aliphatic rings. The number of hydrogen-bond donors (Lipinski definition) is 0. The number of methoxy groups -OCH3 is 1. The lowest BCUT2D eigenvalue weighted by Crippen LogP contribution is -2.02. The van der Waals surface area contributed by atoms with Gasteiger partial charge in [0, 0.05) is 25.7 Å². The van der Waals surface area contributed by atoms with E-state index in [0.717, 1.165) is 17.7 Å². The highest BCUT2D eigenvalue weighted by molar-refractivity contribution is 5.57. The summed E-state index contributed by atoms with van der Waals surface area (Å²) in [6.45, 7) is 1.28. The summed E-state index contributed by atoms with van der Waals surface area (Å²) in [6, 6.07) is 9.94. The van der Waals surface area contributed by atoms with Gasteiger partial charge >= 0.3 is 0 Å². The van der Waals surface area contributed by atoms with Gasteiger partial charge in [-0.1, -0.05) is 30.3 Å². The number of rotatable bonds is 6. The van der Waals surface area contributed by atoms with Gasteiger partial charge in [0.1, 0.15) is 0 Å². The van der Waals surface area contributed by atoms with Crippen molar-refractivity contribution in [3.63, 3.8) is 0 Å². The molecule has 0 unspecified atom stereocenters. The van der Waals surface area contributed by atoms with Crippen molar-refractivity contribution in [1.82, 2.24) is 9.97 Å². The second-order valence-electron chi connectivity index (χ2n) is 3.80. The molecule has 0 spiro atoms. The smallest absolute Gasteiger partial charge is 0.232 e. The van der Waals surface area contributed by atoms with E-state index >= 15 is 0 Å². The molecule has 0 aliphatic heterocycles. The molecule has 1 aromatic carbocycles. The minimum Gasteiger partial charge on any atom is -0.476 e. The fraction of sp³-hybridized carbons (Fsp3) is 0.286. The number of nitrogens with zero attached hydrogens (tertiary/aromatic N) is 2. The van der Waals surface area contributed by atoms with Crippen molar-refractivity contribution in [3.05, 3.63) is 42.7 Å². The van der Waals surface area contributed by atoms with Gasteiger partial charge in [-0.3, -0.25) is 0 Å². The van der Waals surface area contributed by atoms with Crippen molar-refractivity contribution >= 4 is 0 Å². The van der Waals surface area contributed by atoms with Gasteiger partial charge in [0.2, 0.25) is 5.88 Å². The second-order valence-corrected chi connectivity index (χ2v) is 3.80. The Morgan fingerprint density at radius 1 is 1.00 bits per heavy atom. The predicted octanol–water partition coefficient (Wildman–Crippen LogP) is 2.56. The molecule has 0 saturated heterocycles. The molecular formula is C14H16N2O2. The third-order valence-electron chi connectivity index (χ3n) is 2.44. The minimum absolute atomic E-state index is 0.547. The molecule has 2 aromatic rings. The molecule has 4 heteroatoms. The van der Waals surface area contributed by atoms with Crippen LogP contribution >= 0.6 is 0 Å². The SMILES string of the molecule is COCCCOc1cnc(-c2ccccc2)cn1. The first-order valence-corrected chi connectivity index (χ1v) is 5.89. The molecule has 2 rings (SSSR count). The summed E-state index contributed by atoms with van der Waals surface area (Å²) in [5.41, 5.74) is 1.90. The fourth-order valence-corrected chi connectivity index (χ4v) is 1.53. The van der Waals surface area contributed by atoms with Crippen LogP contribution in [0, 0.1) is 0 Å². The largest absolute Gasteiger partial charge is 0.476 e. The summed E-state index contributed by atoms with van der Waals surface area (Å²) in [4.78, 5) is 8.56. The van der Waals surface area contributed by atoms with Crippen LogP contribution in [0.25, 0.3) is 11.3 Å². The Balaban J connectivity index is 1.94. The van der Waals surface area contributed by atoms with E-state index < -0.39 is 0 Å². The van der Waals surface area contributed by atoms with Gasteiger partial charge < -0.3 is 9.47 Å². The molecule has 1 heterocycles. The highest BCUT2D eigenvalue weighted by Crippen LogP contribution is 2.16. The lowest BCUT2D eigenvalue weighted by atomic mass is 10.2. The first-order valence-electron chi connectivity index (χ1n) is 5.89. The molecule has 0 radical (unpaired) electrons. The Morgan fingerprint density at radius 3 is 2.50 bits per heavy atom. The molecular weight excluding hydrogens is 228 g/mol. The summed E-state index contributed by atoms with van der Waals surface area (Å²) in [7, 11) is 1.68. The van der Waals surface area contributed by atoms with Crippen LogP contribution in [-0.4, -0.2) is 30.3 Å². The molecule has 0 atom stereocenters. The molecule has 0 fully saturated rings. The average Bonchev–Trinajstić information content (AvgIpc) is 2.45. The van der Waals surface area contributed by atoms with E-state index in [-0.39, 0.29) is 0 Å². The monoisotopic (exact) mass is 244 g/mol. The highest BCUT2D eigenvalue weighted by Gasteiger charge is 2.00. The normalized spacial score (nSPS) is 10.3. The quantitative estimate of drug-likeness (QED) is 0.732. The maximum absolute atomic E-state index is 5.45.